The minimum Gasteiger partial charge on any atom is -0.369 e. The fraction of sp³-hybridized carbons (Fsp3) is 0.440. The molecule has 2 aliphatic rings. The molecular weight excluding hydrogens is 534 g/mol. The van der Waals surface area contributed by atoms with Crippen molar-refractivity contribution in [3.05, 3.63) is 41.4 Å². The van der Waals surface area contributed by atoms with E-state index in [-0.39, 0.29) is 36.4 Å². The van der Waals surface area contributed by atoms with E-state index in [1.54, 1.807) is 36.1 Å². The third-order valence-electron chi connectivity index (χ3n) is 6.88. The molecule has 2 aromatic rings. The molecule has 38 heavy (non-hydrogen) atoms. The predicted octanol–water partition coefficient (Wildman–Crippen LogP) is 0.744. The number of hydrogen-bond acceptors (Lipinski definition) is 6. The molecule has 0 saturated carbocycles. The molecule has 2 fully saturated rings. The van der Waals surface area contributed by atoms with Gasteiger partial charge in [-0.05, 0) is 61.2 Å². The number of nitrogens with one attached hydrogen (secondary N) is 2. The van der Waals surface area contributed by atoms with Crippen LogP contribution >= 0.6 is 11.6 Å². The molecule has 3 atom stereocenters. The van der Waals surface area contributed by atoms with E-state index in [2.05, 4.69) is 10.0 Å². The number of carbonyl (C=O) groups is 4. The Hall–Kier alpha value is -3.22. The Balaban J connectivity index is 1.38. The monoisotopic (exact) mass is 563 g/mol. The van der Waals surface area contributed by atoms with Crippen LogP contribution in [-0.2, 0) is 29.2 Å². The number of likely N-dealkylation sites (tertiary alicyclic amines) is 2. The maximum atomic E-state index is 13.2. The smallest absolute Gasteiger partial charge is 0.245 e. The summed E-state index contributed by atoms with van der Waals surface area (Å²) in [4.78, 5) is 52.2. The zero-order valence-electron chi connectivity index (χ0n) is 20.9. The van der Waals surface area contributed by atoms with Gasteiger partial charge in [0.2, 0.25) is 33.7 Å². The van der Waals surface area contributed by atoms with E-state index in [4.69, 9.17) is 17.3 Å². The second-order valence-corrected chi connectivity index (χ2v) is 11.8. The summed E-state index contributed by atoms with van der Waals surface area (Å²) in [7, 11) is -3.99. The predicted molar refractivity (Wildman–Crippen MR) is 140 cm³/mol. The quantitative estimate of drug-likeness (QED) is 0.402. The highest BCUT2D eigenvalue weighted by Gasteiger charge is 2.40. The zero-order chi connectivity index (χ0) is 27.6. The van der Waals surface area contributed by atoms with Gasteiger partial charge in [-0.25, -0.2) is 8.42 Å². The Morgan fingerprint density at radius 1 is 1.11 bits per heavy atom. The van der Waals surface area contributed by atoms with Crippen molar-refractivity contribution in [3.8, 4) is 0 Å². The van der Waals surface area contributed by atoms with Crippen molar-refractivity contribution >= 4 is 56.0 Å². The third-order valence-corrected chi connectivity index (χ3v) is 8.58. The molecule has 0 aliphatic carbocycles. The van der Waals surface area contributed by atoms with Crippen LogP contribution in [0.5, 0.6) is 0 Å². The molecule has 4 rings (SSSR count). The van der Waals surface area contributed by atoms with Crippen LogP contribution in [0.15, 0.2) is 41.3 Å². The number of primary amides is 1. The van der Waals surface area contributed by atoms with Gasteiger partial charge in [-0.1, -0.05) is 23.7 Å². The fourth-order valence-electron chi connectivity index (χ4n) is 4.94. The van der Waals surface area contributed by atoms with Crippen LogP contribution in [0.2, 0.25) is 5.02 Å². The number of carbonyl (C=O) groups excluding carboxylic acids is 4. The summed E-state index contributed by atoms with van der Waals surface area (Å²) in [5, 5.41) is 4.75. The summed E-state index contributed by atoms with van der Waals surface area (Å²) in [6, 6.07) is 7.65. The van der Waals surface area contributed by atoms with Crippen molar-refractivity contribution in [1.82, 2.24) is 19.8 Å². The van der Waals surface area contributed by atoms with Gasteiger partial charge in [-0.15, -0.1) is 0 Å². The SMILES string of the molecule is C[C@@H](C(=O)N1CCCC(NC(=O)CC(N)=O)C1)N1CC[C@H](NS(=O)(=O)c2ccc3cc(Cl)ccc3c2)C1=O. The standard InChI is InChI=1S/C25H30ClN5O6S/c1-15(24(34)30-9-2-3-19(14-30)28-23(33)13-22(27)32)31-10-8-21(25(31)35)29-38(36,37)20-7-5-16-11-18(26)6-4-17(16)12-20/h4-7,11-12,15,19,21,29H,2-3,8-10,13-14H2,1H3,(H2,27,32)(H,28,33)/t15-,19?,21-/m0/s1. The number of halogens is 1. The largest absolute Gasteiger partial charge is 0.369 e. The first-order valence-corrected chi connectivity index (χ1v) is 14.2. The minimum atomic E-state index is -3.99. The van der Waals surface area contributed by atoms with Gasteiger partial charge in [0.25, 0.3) is 0 Å². The highest BCUT2D eigenvalue weighted by atomic mass is 35.5. The molecular formula is C25H30ClN5O6S. The summed E-state index contributed by atoms with van der Waals surface area (Å²) < 4.78 is 28.6. The number of amides is 4. The number of nitrogens with two attached hydrogens (primary N) is 1. The Labute approximate surface area is 225 Å². The number of rotatable bonds is 8. The average Bonchev–Trinajstić information content (AvgIpc) is 3.21. The molecule has 204 valence electrons. The van der Waals surface area contributed by atoms with Gasteiger partial charge in [0.15, 0.2) is 0 Å². The lowest BCUT2D eigenvalue weighted by Gasteiger charge is -2.36. The number of nitrogens with zero attached hydrogens (tertiary/aromatic N) is 2. The van der Waals surface area contributed by atoms with Gasteiger partial charge < -0.3 is 20.9 Å². The summed E-state index contributed by atoms with van der Waals surface area (Å²) in [6.07, 6.45) is 1.10. The number of sulfonamides is 1. The number of fused-ring (bicyclic) bond motifs is 1. The van der Waals surface area contributed by atoms with Gasteiger partial charge in [0.05, 0.1) is 4.90 Å². The molecule has 13 heteroatoms. The van der Waals surface area contributed by atoms with Crippen LogP contribution < -0.4 is 15.8 Å². The number of hydrogen-bond donors (Lipinski definition) is 3. The maximum Gasteiger partial charge on any atom is 0.245 e. The van der Waals surface area contributed by atoms with E-state index < -0.39 is 46.2 Å². The van der Waals surface area contributed by atoms with Gasteiger partial charge in [0.1, 0.15) is 18.5 Å². The van der Waals surface area contributed by atoms with E-state index in [0.29, 0.717) is 29.8 Å². The summed E-state index contributed by atoms with van der Waals surface area (Å²) in [6.45, 7) is 2.55. The van der Waals surface area contributed by atoms with Crippen molar-refractivity contribution in [2.24, 2.45) is 5.73 Å². The van der Waals surface area contributed by atoms with E-state index in [0.717, 1.165) is 5.39 Å². The van der Waals surface area contributed by atoms with Gasteiger partial charge in [0, 0.05) is 30.7 Å². The van der Waals surface area contributed by atoms with Crippen LogP contribution in [0.25, 0.3) is 10.8 Å². The first kappa shape index (κ1) is 27.8. The molecule has 0 bridgehead atoms. The first-order valence-electron chi connectivity index (χ1n) is 12.3. The summed E-state index contributed by atoms with van der Waals surface area (Å²) in [5.41, 5.74) is 5.06. The van der Waals surface area contributed by atoms with Crippen molar-refractivity contribution in [1.29, 1.82) is 0 Å². The molecule has 2 saturated heterocycles. The van der Waals surface area contributed by atoms with Crippen molar-refractivity contribution < 1.29 is 27.6 Å². The molecule has 0 aromatic heterocycles. The molecule has 2 aromatic carbocycles. The molecule has 4 N–H and O–H groups in total. The van der Waals surface area contributed by atoms with Gasteiger partial charge in [-0.2, -0.15) is 4.72 Å². The van der Waals surface area contributed by atoms with Crippen LogP contribution in [0, 0.1) is 0 Å². The van der Waals surface area contributed by atoms with Crippen molar-refractivity contribution in [2.45, 2.75) is 55.6 Å². The molecule has 2 heterocycles. The molecule has 1 unspecified atom stereocenters. The van der Waals surface area contributed by atoms with Crippen LogP contribution in [0.3, 0.4) is 0 Å². The lowest BCUT2D eigenvalue weighted by atomic mass is 10.0. The molecule has 0 spiro atoms. The summed E-state index contributed by atoms with van der Waals surface area (Å²) >= 11 is 6.00. The van der Waals surface area contributed by atoms with E-state index >= 15 is 0 Å². The second-order valence-electron chi connectivity index (χ2n) is 9.66. The Morgan fingerprint density at radius 2 is 1.82 bits per heavy atom. The highest BCUT2D eigenvalue weighted by Crippen LogP contribution is 2.24. The lowest BCUT2D eigenvalue weighted by molar-refractivity contribution is -0.144. The Morgan fingerprint density at radius 3 is 2.55 bits per heavy atom. The normalized spacial score (nSPS) is 20.9. The van der Waals surface area contributed by atoms with Gasteiger partial charge >= 0.3 is 0 Å². The number of piperidine rings is 1. The minimum absolute atomic E-state index is 0.0282. The topological polar surface area (TPSA) is 159 Å². The molecule has 2 aliphatic heterocycles. The Kier molecular flexibility index (Phi) is 8.24. The molecule has 0 radical (unpaired) electrons. The van der Waals surface area contributed by atoms with E-state index in [9.17, 15) is 27.6 Å². The van der Waals surface area contributed by atoms with Gasteiger partial charge in [-0.3, -0.25) is 19.2 Å². The van der Waals surface area contributed by atoms with Crippen molar-refractivity contribution in [3.63, 3.8) is 0 Å². The van der Waals surface area contributed by atoms with Crippen LogP contribution in [-0.4, -0.2) is 79.6 Å². The summed E-state index contributed by atoms with van der Waals surface area (Å²) in [5.74, 6) is -1.98. The highest BCUT2D eigenvalue weighted by molar-refractivity contribution is 7.89. The van der Waals surface area contributed by atoms with E-state index in [1.807, 2.05) is 0 Å². The van der Waals surface area contributed by atoms with E-state index in [1.165, 1.54) is 17.0 Å². The molecule has 11 nitrogen and oxygen atoms in total. The molecule has 4 amide bonds. The van der Waals surface area contributed by atoms with Crippen LogP contribution in [0.1, 0.15) is 32.6 Å². The fourth-order valence-corrected chi connectivity index (χ4v) is 6.38. The first-order chi connectivity index (χ1) is 17.9. The third kappa shape index (κ3) is 6.25. The maximum absolute atomic E-state index is 13.2. The van der Waals surface area contributed by atoms with Crippen LogP contribution in [0.4, 0.5) is 0 Å². The second kappa shape index (κ2) is 11.3. The van der Waals surface area contributed by atoms with Crippen molar-refractivity contribution in [2.75, 3.05) is 19.6 Å². The zero-order valence-corrected chi connectivity index (χ0v) is 22.4. The number of benzene rings is 2. The Bertz CT molecular complexity index is 1380. The lowest BCUT2D eigenvalue weighted by Crippen LogP contribution is -2.55. The average molecular weight is 564 g/mol.